The summed E-state index contributed by atoms with van der Waals surface area (Å²) in [6.45, 7) is 1.77. The number of H-pyrrole nitrogens is 1. The number of carbonyl (C=O) groups excluding carboxylic acids is 1. The summed E-state index contributed by atoms with van der Waals surface area (Å²) in [5.74, 6) is -0.269. The molecule has 0 aliphatic rings. The lowest BCUT2D eigenvalue weighted by atomic mass is 10.2. The molecule has 1 aromatic carbocycles. The molecule has 0 unspecified atom stereocenters. The number of aromatic amines is 1. The summed E-state index contributed by atoms with van der Waals surface area (Å²) in [5, 5.41) is 2.80. The molecule has 124 valence electrons. The highest BCUT2D eigenvalue weighted by Crippen LogP contribution is 2.12. The third-order valence-electron chi connectivity index (χ3n) is 3.32. The van der Waals surface area contributed by atoms with Gasteiger partial charge in [0.1, 0.15) is 15.5 Å². The summed E-state index contributed by atoms with van der Waals surface area (Å²) in [5.41, 5.74) is 1.17. The molecule has 0 fully saturated rings. The number of hydrogen-bond donors (Lipinski definition) is 2. The predicted molar refractivity (Wildman–Crippen MR) is 92.2 cm³/mol. The van der Waals surface area contributed by atoms with E-state index in [1.807, 2.05) is 30.3 Å². The second kappa shape index (κ2) is 7.10. The average molecular weight is 353 g/mol. The predicted octanol–water partition coefficient (Wildman–Crippen LogP) is 2.09. The van der Waals surface area contributed by atoms with Crippen LogP contribution in [0.15, 0.2) is 36.5 Å². The molecule has 1 atom stereocenters. The number of nitrogens with one attached hydrogen (secondary N) is 2. The van der Waals surface area contributed by atoms with Crippen molar-refractivity contribution in [1.29, 1.82) is 0 Å². The van der Waals surface area contributed by atoms with Crippen LogP contribution in [0.5, 0.6) is 0 Å². The number of hydrogen-bond acceptors (Lipinski definition) is 4. The van der Waals surface area contributed by atoms with Gasteiger partial charge in [-0.05, 0) is 37.7 Å². The molecule has 0 radical (unpaired) electrons. The summed E-state index contributed by atoms with van der Waals surface area (Å²) < 4.78 is 24.5. The molecule has 0 bridgehead atoms. The molecular formula is C15H19N3O3S2. The van der Waals surface area contributed by atoms with E-state index in [2.05, 4.69) is 10.3 Å². The molecule has 0 aliphatic heterocycles. The smallest absolute Gasteiger partial charge is 0.270 e. The van der Waals surface area contributed by atoms with Crippen LogP contribution in [0.4, 0.5) is 0 Å². The van der Waals surface area contributed by atoms with Crippen LogP contribution in [0, 0.1) is 4.77 Å². The lowest BCUT2D eigenvalue weighted by molar-refractivity contribution is 0.0932. The third-order valence-corrected chi connectivity index (χ3v) is 4.60. The van der Waals surface area contributed by atoms with Gasteiger partial charge < -0.3 is 10.3 Å². The Balaban J connectivity index is 2.17. The Morgan fingerprint density at radius 1 is 1.35 bits per heavy atom. The summed E-state index contributed by atoms with van der Waals surface area (Å²) in [4.78, 5) is 15.3. The molecule has 0 saturated heterocycles. The Morgan fingerprint density at radius 3 is 2.61 bits per heavy atom. The number of sulfone groups is 1. The maximum atomic E-state index is 12.4. The lowest BCUT2D eigenvalue weighted by Gasteiger charge is -2.14. The van der Waals surface area contributed by atoms with Crippen molar-refractivity contribution in [2.45, 2.75) is 19.4 Å². The van der Waals surface area contributed by atoms with E-state index in [1.165, 1.54) is 6.26 Å². The molecule has 1 amide bonds. The number of rotatable bonds is 6. The second-order valence-electron chi connectivity index (χ2n) is 5.44. The van der Waals surface area contributed by atoms with Gasteiger partial charge in [0.25, 0.3) is 5.91 Å². The van der Waals surface area contributed by atoms with Crippen molar-refractivity contribution in [2.75, 3.05) is 12.0 Å². The quantitative estimate of drug-likeness (QED) is 0.779. The highest BCUT2D eigenvalue weighted by molar-refractivity contribution is 7.90. The van der Waals surface area contributed by atoms with Gasteiger partial charge in [0.05, 0.1) is 5.75 Å². The molecule has 0 aliphatic carbocycles. The molecule has 2 N–H and O–H groups in total. The zero-order valence-corrected chi connectivity index (χ0v) is 14.6. The number of aromatic nitrogens is 2. The monoisotopic (exact) mass is 353 g/mol. The normalized spacial score (nSPS) is 12.8. The first-order valence-corrected chi connectivity index (χ1v) is 9.59. The van der Waals surface area contributed by atoms with Crippen LogP contribution in [0.3, 0.4) is 0 Å². The summed E-state index contributed by atoms with van der Waals surface area (Å²) in [6, 6.07) is 9.05. The number of para-hydroxylation sites is 1. The van der Waals surface area contributed by atoms with Crippen LogP contribution in [0.2, 0.25) is 0 Å². The summed E-state index contributed by atoms with van der Waals surface area (Å²) >= 11 is 5.24. The van der Waals surface area contributed by atoms with Crippen molar-refractivity contribution in [1.82, 2.24) is 14.9 Å². The molecular weight excluding hydrogens is 334 g/mol. The Hall–Kier alpha value is -1.93. The van der Waals surface area contributed by atoms with E-state index >= 15 is 0 Å². The zero-order chi connectivity index (χ0) is 17.0. The van der Waals surface area contributed by atoms with Crippen LogP contribution in [-0.2, 0) is 9.84 Å². The highest BCUT2D eigenvalue weighted by Gasteiger charge is 2.17. The topological polar surface area (TPSA) is 84.0 Å². The zero-order valence-electron chi connectivity index (χ0n) is 12.9. The minimum absolute atomic E-state index is 0.0343. The third kappa shape index (κ3) is 4.77. The van der Waals surface area contributed by atoms with Gasteiger partial charge in [-0.25, -0.2) is 8.42 Å². The van der Waals surface area contributed by atoms with E-state index < -0.39 is 9.84 Å². The molecule has 2 aromatic rings. The Bertz CT molecular complexity index is 838. The first-order valence-electron chi connectivity index (χ1n) is 7.12. The largest absolute Gasteiger partial charge is 0.348 e. The fraction of sp³-hybridized carbons (Fsp3) is 0.333. The molecule has 8 heteroatoms. The fourth-order valence-electron chi connectivity index (χ4n) is 2.13. The highest BCUT2D eigenvalue weighted by atomic mass is 32.2. The number of nitrogens with zero attached hydrogens (tertiary/aromatic N) is 1. The van der Waals surface area contributed by atoms with Gasteiger partial charge >= 0.3 is 0 Å². The molecule has 6 nitrogen and oxygen atoms in total. The summed E-state index contributed by atoms with van der Waals surface area (Å²) in [6.07, 6.45) is 3.09. The van der Waals surface area contributed by atoms with E-state index in [4.69, 9.17) is 12.2 Å². The van der Waals surface area contributed by atoms with Crippen molar-refractivity contribution < 1.29 is 13.2 Å². The van der Waals surface area contributed by atoms with Gasteiger partial charge in [-0.3, -0.25) is 9.36 Å². The molecule has 23 heavy (non-hydrogen) atoms. The van der Waals surface area contributed by atoms with E-state index in [-0.39, 0.29) is 17.7 Å². The first-order chi connectivity index (χ1) is 10.8. The van der Waals surface area contributed by atoms with Crippen molar-refractivity contribution in [2.24, 2.45) is 0 Å². The van der Waals surface area contributed by atoms with Gasteiger partial charge in [-0.2, -0.15) is 0 Å². The summed E-state index contributed by atoms with van der Waals surface area (Å²) in [7, 11) is -3.05. The lowest BCUT2D eigenvalue weighted by Crippen LogP contribution is -2.35. The van der Waals surface area contributed by atoms with Gasteiger partial charge in [-0.15, -0.1) is 0 Å². The van der Waals surface area contributed by atoms with Crippen molar-refractivity contribution in [3.63, 3.8) is 0 Å². The van der Waals surface area contributed by atoms with Gasteiger partial charge in [0.15, 0.2) is 4.77 Å². The minimum atomic E-state index is -3.05. The maximum Gasteiger partial charge on any atom is 0.270 e. The Kier molecular flexibility index (Phi) is 5.38. The molecule has 1 heterocycles. The van der Waals surface area contributed by atoms with Crippen molar-refractivity contribution in [3.8, 4) is 5.69 Å². The Labute approximate surface area is 140 Å². The maximum absolute atomic E-state index is 12.4. The average Bonchev–Trinajstić information content (AvgIpc) is 2.87. The van der Waals surface area contributed by atoms with E-state index in [9.17, 15) is 13.2 Å². The molecule has 1 aromatic heterocycles. The number of imidazole rings is 1. The number of carbonyl (C=O) groups is 1. The molecule has 0 spiro atoms. The molecule has 2 rings (SSSR count). The van der Waals surface area contributed by atoms with Crippen LogP contribution in [0.25, 0.3) is 5.69 Å². The van der Waals surface area contributed by atoms with E-state index in [0.717, 1.165) is 5.69 Å². The van der Waals surface area contributed by atoms with E-state index in [1.54, 1.807) is 17.7 Å². The van der Waals surface area contributed by atoms with Gasteiger partial charge in [0, 0.05) is 24.2 Å². The van der Waals surface area contributed by atoms with Gasteiger partial charge in [-0.1, -0.05) is 18.2 Å². The number of amides is 1. The Morgan fingerprint density at radius 2 is 2.00 bits per heavy atom. The fourth-order valence-corrected chi connectivity index (χ4v) is 3.17. The van der Waals surface area contributed by atoms with Crippen LogP contribution in [-0.4, -0.2) is 41.9 Å². The standard InChI is InChI=1S/C15H19N3O3S2/c1-11(8-9-23(2,20)21)17-14(19)13-10-16-15(22)18(13)12-6-4-3-5-7-12/h3-7,10-11H,8-9H2,1-2H3,(H,16,22)(H,17,19)/t11-/m0/s1. The van der Waals surface area contributed by atoms with E-state index in [0.29, 0.717) is 16.9 Å². The van der Waals surface area contributed by atoms with Crippen LogP contribution < -0.4 is 5.32 Å². The minimum Gasteiger partial charge on any atom is -0.348 e. The molecule has 0 saturated carbocycles. The second-order valence-corrected chi connectivity index (χ2v) is 8.09. The van der Waals surface area contributed by atoms with Crippen LogP contribution >= 0.6 is 12.2 Å². The number of benzene rings is 1. The van der Waals surface area contributed by atoms with Crippen LogP contribution in [0.1, 0.15) is 23.8 Å². The van der Waals surface area contributed by atoms with Gasteiger partial charge in [0.2, 0.25) is 0 Å². The SMILES string of the molecule is C[C@@H](CCS(C)(=O)=O)NC(=O)c1c[nH]c(=S)n1-c1ccccc1. The van der Waals surface area contributed by atoms with Crippen molar-refractivity contribution in [3.05, 3.63) is 47.0 Å². The first kappa shape index (κ1) is 17.4. The van der Waals surface area contributed by atoms with Crippen molar-refractivity contribution >= 4 is 28.0 Å².